The summed E-state index contributed by atoms with van der Waals surface area (Å²) in [6, 6.07) is -0.325. The molecular weight excluding hydrogens is 180 g/mol. The molecule has 1 saturated heterocycles. The van der Waals surface area contributed by atoms with Gasteiger partial charge in [0.1, 0.15) is 11.6 Å². The third kappa shape index (κ3) is 1.29. The van der Waals surface area contributed by atoms with Crippen LogP contribution in [-0.4, -0.2) is 23.4 Å². The maximum absolute atomic E-state index is 11.8. The van der Waals surface area contributed by atoms with Gasteiger partial charge in [0.05, 0.1) is 0 Å². The molecule has 2 N–H and O–H groups in total. The Morgan fingerprint density at radius 3 is 2.57 bits per heavy atom. The highest BCUT2D eigenvalue weighted by atomic mass is 16.2. The average Bonchev–Trinajstić information content (AvgIpc) is 2.61. The third-order valence-corrected chi connectivity index (χ3v) is 3.28. The van der Waals surface area contributed by atoms with Gasteiger partial charge in [0.2, 0.25) is 11.8 Å². The van der Waals surface area contributed by atoms with Crippen LogP contribution in [0, 0.1) is 0 Å². The number of amides is 2. The van der Waals surface area contributed by atoms with E-state index in [9.17, 15) is 9.59 Å². The van der Waals surface area contributed by atoms with Crippen LogP contribution in [0.3, 0.4) is 0 Å². The number of rotatable bonds is 1. The average molecular weight is 196 g/mol. The van der Waals surface area contributed by atoms with Gasteiger partial charge >= 0.3 is 0 Å². The second kappa shape index (κ2) is 3.26. The topological polar surface area (TPSA) is 58.2 Å². The molecule has 1 aliphatic carbocycles. The Kier molecular flexibility index (Phi) is 2.21. The zero-order valence-corrected chi connectivity index (χ0v) is 8.43. The van der Waals surface area contributed by atoms with E-state index in [0.717, 1.165) is 25.7 Å². The van der Waals surface area contributed by atoms with Crippen molar-refractivity contribution in [2.75, 3.05) is 0 Å². The first kappa shape index (κ1) is 9.49. The zero-order valence-electron chi connectivity index (χ0n) is 8.43. The SMILES string of the molecule is CCC1NC(=O)C2(CCCC2)NC1=O. The molecule has 78 valence electrons. The van der Waals surface area contributed by atoms with Crippen LogP contribution in [0.4, 0.5) is 0 Å². The molecule has 2 aliphatic rings. The van der Waals surface area contributed by atoms with E-state index in [-0.39, 0.29) is 17.9 Å². The van der Waals surface area contributed by atoms with Gasteiger partial charge in [-0.25, -0.2) is 0 Å². The zero-order chi connectivity index (χ0) is 10.2. The summed E-state index contributed by atoms with van der Waals surface area (Å²) in [5, 5.41) is 5.69. The second-order valence-corrected chi connectivity index (χ2v) is 4.21. The van der Waals surface area contributed by atoms with E-state index < -0.39 is 5.54 Å². The number of carbonyl (C=O) groups is 2. The van der Waals surface area contributed by atoms with Crippen molar-refractivity contribution in [3.8, 4) is 0 Å². The van der Waals surface area contributed by atoms with Crippen molar-refractivity contribution in [3.63, 3.8) is 0 Å². The normalized spacial score (nSPS) is 30.2. The summed E-state index contributed by atoms with van der Waals surface area (Å²) < 4.78 is 0. The lowest BCUT2D eigenvalue weighted by Crippen LogP contribution is -2.68. The van der Waals surface area contributed by atoms with Crippen molar-refractivity contribution in [1.29, 1.82) is 0 Å². The molecule has 1 unspecified atom stereocenters. The molecule has 1 saturated carbocycles. The smallest absolute Gasteiger partial charge is 0.246 e. The van der Waals surface area contributed by atoms with Crippen molar-refractivity contribution in [2.45, 2.75) is 50.6 Å². The molecule has 14 heavy (non-hydrogen) atoms. The first-order valence-corrected chi connectivity index (χ1v) is 5.31. The molecule has 0 aromatic carbocycles. The summed E-state index contributed by atoms with van der Waals surface area (Å²) in [6.45, 7) is 1.90. The number of nitrogens with one attached hydrogen (secondary N) is 2. The van der Waals surface area contributed by atoms with Gasteiger partial charge in [-0.2, -0.15) is 0 Å². The van der Waals surface area contributed by atoms with Gasteiger partial charge in [-0.1, -0.05) is 19.8 Å². The molecule has 0 aromatic rings. The molecule has 1 spiro atoms. The minimum Gasteiger partial charge on any atom is -0.342 e. The van der Waals surface area contributed by atoms with Crippen molar-refractivity contribution < 1.29 is 9.59 Å². The predicted octanol–water partition coefficient (Wildman–Crippen LogP) is 0.324. The summed E-state index contributed by atoms with van der Waals surface area (Å²) >= 11 is 0. The minimum atomic E-state index is -0.567. The lowest BCUT2D eigenvalue weighted by Gasteiger charge is -2.36. The van der Waals surface area contributed by atoms with Gasteiger partial charge in [-0.05, 0) is 19.3 Å². The van der Waals surface area contributed by atoms with Crippen molar-refractivity contribution >= 4 is 11.8 Å². The monoisotopic (exact) mass is 196 g/mol. The van der Waals surface area contributed by atoms with Crippen LogP contribution in [-0.2, 0) is 9.59 Å². The Labute approximate surface area is 83.4 Å². The molecule has 1 heterocycles. The largest absolute Gasteiger partial charge is 0.342 e. The van der Waals surface area contributed by atoms with E-state index in [1.54, 1.807) is 0 Å². The summed E-state index contributed by atoms with van der Waals surface area (Å²) in [4.78, 5) is 23.4. The maximum atomic E-state index is 11.8. The van der Waals surface area contributed by atoms with Crippen molar-refractivity contribution in [2.24, 2.45) is 0 Å². The highest BCUT2D eigenvalue weighted by Crippen LogP contribution is 2.31. The maximum Gasteiger partial charge on any atom is 0.246 e. The number of piperazine rings is 1. The molecule has 2 fully saturated rings. The fourth-order valence-electron chi connectivity index (χ4n) is 2.36. The Morgan fingerprint density at radius 1 is 1.36 bits per heavy atom. The summed E-state index contributed by atoms with van der Waals surface area (Å²) in [5.41, 5.74) is -0.567. The summed E-state index contributed by atoms with van der Waals surface area (Å²) in [5.74, 6) is -0.00421. The molecule has 0 bridgehead atoms. The van der Waals surface area contributed by atoms with Gasteiger partial charge in [-0.3, -0.25) is 9.59 Å². The third-order valence-electron chi connectivity index (χ3n) is 3.28. The van der Waals surface area contributed by atoms with Gasteiger partial charge in [0.15, 0.2) is 0 Å². The Morgan fingerprint density at radius 2 is 2.00 bits per heavy atom. The Hall–Kier alpha value is -1.06. The van der Waals surface area contributed by atoms with E-state index in [4.69, 9.17) is 0 Å². The molecular formula is C10H16N2O2. The van der Waals surface area contributed by atoms with Crippen LogP contribution in [0.2, 0.25) is 0 Å². The van der Waals surface area contributed by atoms with E-state index in [2.05, 4.69) is 10.6 Å². The van der Waals surface area contributed by atoms with E-state index in [1.165, 1.54) is 0 Å². The van der Waals surface area contributed by atoms with Crippen molar-refractivity contribution in [1.82, 2.24) is 10.6 Å². The Balaban J connectivity index is 2.16. The molecule has 1 atom stereocenters. The minimum absolute atomic E-state index is 0.0152. The fourth-order valence-corrected chi connectivity index (χ4v) is 2.36. The molecule has 4 heteroatoms. The highest BCUT2D eigenvalue weighted by molar-refractivity contribution is 5.99. The number of hydrogen-bond donors (Lipinski definition) is 2. The Bertz CT molecular complexity index is 269. The lowest BCUT2D eigenvalue weighted by atomic mass is 9.92. The van der Waals surface area contributed by atoms with Crippen molar-refractivity contribution in [3.05, 3.63) is 0 Å². The fraction of sp³-hybridized carbons (Fsp3) is 0.800. The first-order chi connectivity index (χ1) is 6.68. The molecule has 1 aliphatic heterocycles. The van der Waals surface area contributed by atoms with Gasteiger partial charge in [0, 0.05) is 0 Å². The van der Waals surface area contributed by atoms with Gasteiger partial charge in [-0.15, -0.1) is 0 Å². The quantitative estimate of drug-likeness (QED) is 0.634. The first-order valence-electron chi connectivity index (χ1n) is 5.31. The molecule has 0 radical (unpaired) electrons. The summed E-state index contributed by atoms with van der Waals surface area (Å²) in [6.07, 6.45) is 4.31. The van der Waals surface area contributed by atoms with E-state index >= 15 is 0 Å². The number of carbonyl (C=O) groups excluding carboxylic acids is 2. The summed E-state index contributed by atoms with van der Waals surface area (Å²) in [7, 11) is 0. The second-order valence-electron chi connectivity index (χ2n) is 4.21. The van der Waals surface area contributed by atoms with Crippen LogP contribution in [0.25, 0.3) is 0 Å². The van der Waals surface area contributed by atoms with E-state index in [1.807, 2.05) is 6.92 Å². The predicted molar refractivity (Wildman–Crippen MR) is 51.6 cm³/mol. The van der Waals surface area contributed by atoms with Crippen LogP contribution in [0.15, 0.2) is 0 Å². The van der Waals surface area contributed by atoms with Gasteiger partial charge in [0.25, 0.3) is 0 Å². The number of hydrogen-bond acceptors (Lipinski definition) is 2. The van der Waals surface area contributed by atoms with Crippen LogP contribution in [0.1, 0.15) is 39.0 Å². The van der Waals surface area contributed by atoms with Crippen LogP contribution in [0.5, 0.6) is 0 Å². The van der Waals surface area contributed by atoms with Crippen LogP contribution >= 0.6 is 0 Å². The molecule has 2 amide bonds. The molecule has 0 aromatic heterocycles. The van der Waals surface area contributed by atoms with Gasteiger partial charge < -0.3 is 10.6 Å². The highest BCUT2D eigenvalue weighted by Gasteiger charge is 2.47. The lowest BCUT2D eigenvalue weighted by molar-refractivity contribution is -0.141. The molecule has 4 nitrogen and oxygen atoms in total. The van der Waals surface area contributed by atoms with Crippen LogP contribution < -0.4 is 10.6 Å². The molecule has 2 rings (SSSR count). The van der Waals surface area contributed by atoms with E-state index in [0.29, 0.717) is 6.42 Å². The standard InChI is InChI=1S/C10H16N2O2/c1-2-7-8(13)12-10(9(14)11-7)5-3-4-6-10/h7H,2-6H2,1H3,(H,11,14)(H,12,13).